The minimum atomic E-state index is -4.86. The summed E-state index contributed by atoms with van der Waals surface area (Å²) < 4.78 is 98.2. The third-order valence-corrected chi connectivity index (χ3v) is 5.44. The molecule has 0 saturated heterocycles. The quantitative estimate of drug-likeness (QED) is 0.325. The first-order chi connectivity index (χ1) is 16.0. The summed E-state index contributed by atoms with van der Waals surface area (Å²) in [4.78, 5) is 1.59. The second-order valence-electron chi connectivity index (χ2n) is 7.75. The molecule has 0 amide bonds. The van der Waals surface area contributed by atoms with Crippen LogP contribution in [-0.2, 0) is 9.47 Å². The number of fused-ring (bicyclic) bond motifs is 1. The van der Waals surface area contributed by atoms with Gasteiger partial charge in [-0.25, -0.2) is 0 Å². The maximum Gasteiger partial charge on any atom is 0.573 e. The highest BCUT2D eigenvalue weighted by molar-refractivity contribution is 5.80. The summed E-state index contributed by atoms with van der Waals surface area (Å²) in [7, 11) is 2.54. The average Bonchev–Trinajstić information content (AvgIpc) is 2.76. The smallest absolute Gasteiger partial charge is 0.489 e. The van der Waals surface area contributed by atoms with E-state index in [0.29, 0.717) is 36.3 Å². The molecule has 0 bridgehead atoms. The molecule has 0 aliphatic carbocycles. The summed E-state index contributed by atoms with van der Waals surface area (Å²) in [5.41, 5.74) is 1.21. The van der Waals surface area contributed by atoms with Crippen molar-refractivity contribution in [1.82, 2.24) is 0 Å². The Morgan fingerprint density at radius 1 is 1.06 bits per heavy atom. The molecule has 0 spiro atoms. The van der Waals surface area contributed by atoms with E-state index >= 15 is 0 Å². The molecule has 1 aliphatic heterocycles. The van der Waals surface area contributed by atoms with Crippen LogP contribution >= 0.6 is 0 Å². The number of methoxy groups -OCH3 is 2. The Kier molecular flexibility index (Phi) is 8.19. The number of para-hydroxylation sites is 1. The van der Waals surface area contributed by atoms with Crippen LogP contribution in [0.4, 0.5) is 32.0 Å². The molecule has 1 heterocycles. The largest absolute Gasteiger partial charge is 0.573 e. The highest BCUT2D eigenvalue weighted by atomic mass is 19.4. The van der Waals surface area contributed by atoms with Gasteiger partial charge >= 0.3 is 12.5 Å². The molecule has 0 aromatic heterocycles. The van der Waals surface area contributed by atoms with Gasteiger partial charge in [0.2, 0.25) is 0 Å². The van der Waals surface area contributed by atoms with E-state index in [1.165, 1.54) is 19.2 Å². The summed E-state index contributed by atoms with van der Waals surface area (Å²) in [6.07, 6.45) is -10.3. The van der Waals surface area contributed by atoms with Crippen molar-refractivity contribution in [2.45, 2.75) is 37.5 Å². The maximum atomic E-state index is 13.5. The molecule has 1 aliphatic rings. The van der Waals surface area contributed by atoms with Gasteiger partial charge in [-0.1, -0.05) is 24.3 Å². The molecule has 188 valence electrons. The van der Waals surface area contributed by atoms with Crippen molar-refractivity contribution in [2.24, 2.45) is 0 Å². The predicted molar refractivity (Wildman–Crippen MR) is 113 cm³/mol. The number of alkyl halides is 6. The van der Waals surface area contributed by atoms with E-state index in [2.05, 4.69) is 4.74 Å². The molecule has 11 heteroatoms. The first kappa shape index (κ1) is 26.0. The second kappa shape index (κ2) is 10.7. The van der Waals surface area contributed by atoms with Crippen molar-refractivity contribution in [1.29, 1.82) is 0 Å². The van der Waals surface area contributed by atoms with Gasteiger partial charge in [0.15, 0.2) is 11.9 Å². The average molecular weight is 493 g/mol. The monoisotopic (exact) mass is 493 g/mol. The SMILES string of the molecule is COCCCC1COc2c(-c3cccc(OC(F)(F)F)c3)cccc2N1CC(OC)C(F)(F)F. The van der Waals surface area contributed by atoms with Gasteiger partial charge in [0.1, 0.15) is 12.4 Å². The second-order valence-corrected chi connectivity index (χ2v) is 7.75. The van der Waals surface area contributed by atoms with Crippen molar-refractivity contribution in [3.8, 4) is 22.6 Å². The Morgan fingerprint density at radius 2 is 1.79 bits per heavy atom. The fraction of sp³-hybridized carbons (Fsp3) is 0.478. The van der Waals surface area contributed by atoms with E-state index in [1.54, 1.807) is 29.2 Å². The Labute approximate surface area is 193 Å². The van der Waals surface area contributed by atoms with Crippen molar-refractivity contribution in [3.05, 3.63) is 42.5 Å². The van der Waals surface area contributed by atoms with Crippen LogP contribution in [0.25, 0.3) is 11.1 Å². The molecule has 2 unspecified atom stereocenters. The summed E-state index contributed by atoms with van der Waals surface area (Å²) in [6, 6.07) is 9.84. The van der Waals surface area contributed by atoms with Gasteiger partial charge < -0.3 is 23.8 Å². The zero-order valence-corrected chi connectivity index (χ0v) is 18.6. The van der Waals surface area contributed by atoms with E-state index in [0.717, 1.165) is 13.2 Å². The number of hydrogen-bond acceptors (Lipinski definition) is 5. The van der Waals surface area contributed by atoms with Gasteiger partial charge in [-0.2, -0.15) is 13.2 Å². The Morgan fingerprint density at radius 3 is 2.44 bits per heavy atom. The zero-order chi connectivity index (χ0) is 24.9. The number of hydrogen-bond donors (Lipinski definition) is 0. The molecule has 2 aromatic rings. The van der Waals surface area contributed by atoms with Gasteiger partial charge in [0, 0.05) is 26.4 Å². The standard InChI is InChI=1S/C23H25F6NO4/c1-31-11-5-7-16-14-33-21-18(15-6-3-8-17(12-15)34-23(27,28)29)9-4-10-19(21)30(16)13-20(32-2)22(24,25)26/h3-4,6,8-10,12,16,20H,5,7,11,13-14H2,1-2H3. The van der Waals surface area contributed by atoms with Crippen LogP contribution in [0.5, 0.6) is 11.5 Å². The van der Waals surface area contributed by atoms with Crippen molar-refractivity contribution < 1.29 is 45.3 Å². The van der Waals surface area contributed by atoms with Crippen molar-refractivity contribution in [3.63, 3.8) is 0 Å². The van der Waals surface area contributed by atoms with Crippen LogP contribution in [0.1, 0.15) is 12.8 Å². The number of rotatable bonds is 9. The number of halogens is 6. The molecule has 2 atom stereocenters. The van der Waals surface area contributed by atoms with Crippen LogP contribution in [0.15, 0.2) is 42.5 Å². The first-order valence-electron chi connectivity index (χ1n) is 10.5. The molecular formula is C23H25F6NO4. The summed E-state index contributed by atoms with van der Waals surface area (Å²) >= 11 is 0. The number of nitrogens with zero attached hydrogens (tertiary/aromatic N) is 1. The topological polar surface area (TPSA) is 40.2 Å². The molecule has 2 aromatic carbocycles. The first-order valence-corrected chi connectivity index (χ1v) is 10.5. The Bertz CT molecular complexity index is 950. The van der Waals surface area contributed by atoms with Gasteiger partial charge in [0.25, 0.3) is 0 Å². The van der Waals surface area contributed by atoms with E-state index in [4.69, 9.17) is 14.2 Å². The fourth-order valence-corrected chi connectivity index (χ4v) is 3.90. The summed E-state index contributed by atoms with van der Waals surface area (Å²) in [5, 5.41) is 0. The Hall–Kier alpha value is -2.66. The molecular weight excluding hydrogens is 468 g/mol. The third kappa shape index (κ3) is 6.47. The number of anilines is 1. The van der Waals surface area contributed by atoms with E-state index in [9.17, 15) is 26.3 Å². The fourth-order valence-electron chi connectivity index (χ4n) is 3.90. The lowest BCUT2D eigenvalue weighted by Gasteiger charge is -2.41. The van der Waals surface area contributed by atoms with E-state index in [1.807, 2.05) is 0 Å². The van der Waals surface area contributed by atoms with Gasteiger partial charge in [0.05, 0.1) is 18.3 Å². The lowest BCUT2D eigenvalue weighted by Crippen LogP contribution is -2.50. The predicted octanol–water partition coefficient (Wildman–Crippen LogP) is 5.82. The van der Waals surface area contributed by atoms with E-state index in [-0.39, 0.29) is 18.4 Å². The van der Waals surface area contributed by atoms with Crippen molar-refractivity contribution in [2.75, 3.05) is 38.9 Å². The molecule has 34 heavy (non-hydrogen) atoms. The van der Waals surface area contributed by atoms with E-state index < -0.39 is 30.9 Å². The minimum Gasteiger partial charge on any atom is -0.489 e. The van der Waals surface area contributed by atoms with Gasteiger partial charge in [-0.05, 0) is 36.6 Å². The van der Waals surface area contributed by atoms with Crippen LogP contribution in [0.2, 0.25) is 0 Å². The van der Waals surface area contributed by atoms with Gasteiger partial charge in [-0.15, -0.1) is 13.2 Å². The minimum absolute atomic E-state index is 0.0980. The number of ether oxygens (including phenoxy) is 4. The molecule has 0 fully saturated rings. The zero-order valence-electron chi connectivity index (χ0n) is 18.6. The molecule has 3 rings (SSSR count). The number of benzene rings is 2. The lowest BCUT2D eigenvalue weighted by molar-refractivity contribution is -0.274. The van der Waals surface area contributed by atoms with Crippen LogP contribution in [0.3, 0.4) is 0 Å². The maximum absolute atomic E-state index is 13.5. The molecule has 5 nitrogen and oxygen atoms in total. The summed E-state index contributed by atoms with van der Waals surface area (Å²) in [6.45, 7) is 0.0751. The molecule has 0 saturated carbocycles. The highest BCUT2D eigenvalue weighted by Gasteiger charge is 2.43. The third-order valence-electron chi connectivity index (χ3n) is 5.44. The molecule has 0 N–H and O–H groups in total. The van der Waals surface area contributed by atoms with Crippen molar-refractivity contribution >= 4 is 5.69 Å². The van der Waals surface area contributed by atoms with Gasteiger partial charge in [-0.3, -0.25) is 0 Å². The highest BCUT2D eigenvalue weighted by Crippen LogP contribution is 2.44. The Balaban J connectivity index is 1.99. The van der Waals surface area contributed by atoms with Crippen LogP contribution < -0.4 is 14.4 Å². The van der Waals surface area contributed by atoms with Crippen LogP contribution in [0, 0.1) is 0 Å². The summed E-state index contributed by atoms with van der Waals surface area (Å²) in [5.74, 6) is -0.129. The normalized spacial score (nSPS) is 17.2. The van der Waals surface area contributed by atoms with Crippen LogP contribution in [-0.4, -0.2) is 58.7 Å². The molecule has 0 radical (unpaired) electrons. The lowest BCUT2D eigenvalue weighted by atomic mass is 9.99.